The summed E-state index contributed by atoms with van der Waals surface area (Å²) in [5.41, 5.74) is -0.306. The quantitative estimate of drug-likeness (QED) is 0.605. The molecule has 5 rings (SSSR count). The van der Waals surface area contributed by atoms with Crippen LogP contribution >= 0.6 is 11.6 Å². The highest BCUT2D eigenvalue weighted by molar-refractivity contribution is 6.30. The molecular formula is C22H24ClF4N5O. The van der Waals surface area contributed by atoms with E-state index < -0.39 is 23.8 Å². The smallest absolute Gasteiger partial charge is 0.340 e. The third kappa shape index (κ3) is 4.12. The van der Waals surface area contributed by atoms with Crippen LogP contribution in [0.25, 0.3) is 5.69 Å². The van der Waals surface area contributed by atoms with Gasteiger partial charge in [-0.1, -0.05) is 11.6 Å². The van der Waals surface area contributed by atoms with E-state index in [1.54, 1.807) is 23.1 Å². The molecule has 1 atom stereocenters. The van der Waals surface area contributed by atoms with Crippen LogP contribution in [0, 0.1) is 0 Å². The van der Waals surface area contributed by atoms with Crippen LogP contribution < -0.4 is 0 Å². The lowest BCUT2D eigenvalue weighted by molar-refractivity contribution is -0.182. The molecule has 2 aliphatic heterocycles. The molecule has 1 amide bonds. The Morgan fingerprint density at radius 3 is 2.52 bits per heavy atom. The zero-order valence-corrected chi connectivity index (χ0v) is 18.8. The van der Waals surface area contributed by atoms with Crippen molar-refractivity contribution in [1.29, 1.82) is 0 Å². The Bertz CT molecular complexity index is 1080. The number of hydrogen-bond donors (Lipinski definition) is 0. The Morgan fingerprint density at radius 1 is 1.18 bits per heavy atom. The fraction of sp³-hybridized carbons (Fsp3) is 0.591. The summed E-state index contributed by atoms with van der Waals surface area (Å²) in [6.45, 7) is 2.04. The van der Waals surface area contributed by atoms with Crippen LogP contribution in [0.4, 0.5) is 17.6 Å². The number of fused-ring (bicyclic) bond motifs is 3. The molecule has 11 heteroatoms. The predicted octanol–water partition coefficient (Wildman–Crippen LogP) is 4.40. The normalized spacial score (nSPS) is 21.8. The molecule has 1 unspecified atom stereocenters. The lowest BCUT2D eigenvalue weighted by Crippen LogP contribution is -2.43. The fourth-order valence-corrected chi connectivity index (χ4v) is 4.94. The molecule has 2 aromatic rings. The van der Waals surface area contributed by atoms with Crippen LogP contribution in [0.1, 0.15) is 55.7 Å². The van der Waals surface area contributed by atoms with Crippen molar-refractivity contribution in [2.45, 2.75) is 69.5 Å². The Hall–Kier alpha value is -2.20. The number of piperidine rings is 1. The lowest BCUT2D eigenvalue weighted by Gasteiger charge is -2.32. The lowest BCUT2D eigenvalue weighted by atomic mass is 9.95. The summed E-state index contributed by atoms with van der Waals surface area (Å²) in [5.74, 6) is 0.614. The first kappa shape index (κ1) is 22.6. The maximum absolute atomic E-state index is 14.2. The minimum atomic E-state index is -4.38. The number of benzene rings is 1. The summed E-state index contributed by atoms with van der Waals surface area (Å²) >= 11 is 6.17. The second-order valence-electron chi connectivity index (χ2n) is 9.24. The van der Waals surface area contributed by atoms with Gasteiger partial charge in [0.1, 0.15) is 11.9 Å². The molecule has 3 aliphatic rings. The maximum atomic E-state index is 14.2. The zero-order valence-electron chi connectivity index (χ0n) is 18.1. The van der Waals surface area contributed by atoms with Gasteiger partial charge in [0.15, 0.2) is 11.5 Å². The molecule has 2 fully saturated rings. The van der Waals surface area contributed by atoms with Crippen LogP contribution in [0.15, 0.2) is 18.2 Å². The van der Waals surface area contributed by atoms with Crippen molar-refractivity contribution in [2.75, 3.05) is 13.1 Å². The molecule has 1 aromatic heterocycles. The molecular weight excluding hydrogens is 462 g/mol. The van der Waals surface area contributed by atoms with E-state index in [-0.39, 0.29) is 31.8 Å². The molecule has 1 saturated heterocycles. The minimum Gasteiger partial charge on any atom is -0.340 e. The molecule has 1 aliphatic carbocycles. The Balaban J connectivity index is 1.45. The molecule has 0 N–H and O–H groups in total. The van der Waals surface area contributed by atoms with Gasteiger partial charge in [-0.2, -0.15) is 13.2 Å². The highest BCUT2D eigenvalue weighted by Gasteiger charge is 2.53. The molecule has 6 nitrogen and oxygen atoms in total. The van der Waals surface area contributed by atoms with Gasteiger partial charge >= 0.3 is 6.18 Å². The van der Waals surface area contributed by atoms with Crippen molar-refractivity contribution in [3.8, 4) is 5.69 Å². The van der Waals surface area contributed by atoms with Gasteiger partial charge in [-0.05, 0) is 56.4 Å². The van der Waals surface area contributed by atoms with E-state index in [9.17, 15) is 22.4 Å². The number of rotatable bonds is 3. The number of hydrogen-bond acceptors (Lipinski definition) is 4. The Labute approximate surface area is 193 Å². The van der Waals surface area contributed by atoms with Crippen LogP contribution in [0.3, 0.4) is 0 Å². The van der Waals surface area contributed by atoms with Gasteiger partial charge in [0.2, 0.25) is 0 Å². The SMILES string of the molecule is CC(N1Cc2cc(Cl)ccc2-n2c(nnc2C2CCN(C(=O)C3(F)CC3)CC2)C1)C(F)(F)F. The van der Waals surface area contributed by atoms with Gasteiger partial charge in [0.05, 0.1) is 12.2 Å². The standard InChI is InChI=1S/C22H24ClF4N5O/c1-13(22(25,26)27)31-11-15-10-16(23)2-3-17(15)32-18(12-31)28-29-19(32)14-4-8-30(9-5-14)20(33)21(24)6-7-21/h2-3,10,13-14H,4-9,11-12H2,1H3. The number of amides is 1. The first-order valence-corrected chi connectivity index (χ1v) is 11.5. The van der Waals surface area contributed by atoms with E-state index in [1.165, 1.54) is 4.90 Å². The van der Waals surface area contributed by atoms with Gasteiger partial charge in [0.25, 0.3) is 5.91 Å². The van der Waals surface area contributed by atoms with E-state index >= 15 is 0 Å². The summed E-state index contributed by atoms with van der Waals surface area (Å²) < 4.78 is 56.6. The number of aromatic nitrogens is 3. The third-order valence-electron chi connectivity index (χ3n) is 7.00. The van der Waals surface area contributed by atoms with Gasteiger partial charge in [-0.15, -0.1) is 10.2 Å². The van der Waals surface area contributed by atoms with Crippen molar-refractivity contribution in [1.82, 2.24) is 24.6 Å². The second kappa shape index (κ2) is 7.94. The summed E-state index contributed by atoms with van der Waals surface area (Å²) in [7, 11) is 0. The summed E-state index contributed by atoms with van der Waals surface area (Å²) in [4.78, 5) is 15.2. The molecule has 1 aromatic carbocycles. The molecule has 0 spiro atoms. The molecule has 0 bridgehead atoms. The minimum absolute atomic E-state index is 0.0122. The zero-order chi connectivity index (χ0) is 23.5. The largest absolute Gasteiger partial charge is 0.403 e. The van der Waals surface area contributed by atoms with Gasteiger partial charge in [-0.25, -0.2) is 4.39 Å². The predicted molar refractivity (Wildman–Crippen MR) is 113 cm³/mol. The topological polar surface area (TPSA) is 54.3 Å². The maximum Gasteiger partial charge on any atom is 0.403 e. The first-order chi connectivity index (χ1) is 15.6. The van der Waals surface area contributed by atoms with Gasteiger partial charge in [-0.3, -0.25) is 14.3 Å². The molecule has 178 valence electrons. The van der Waals surface area contributed by atoms with Gasteiger partial charge < -0.3 is 4.90 Å². The number of alkyl halides is 4. The summed E-state index contributed by atoms with van der Waals surface area (Å²) in [6, 6.07) is 3.51. The fourth-order valence-electron chi connectivity index (χ4n) is 4.74. The van der Waals surface area contributed by atoms with Crippen molar-refractivity contribution >= 4 is 17.5 Å². The van der Waals surface area contributed by atoms with E-state index in [0.29, 0.717) is 53.9 Å². The van der Waals surface area contributed by atoms with Gasteiger partial charge in [0, 0.05) is 30.6 Å². The van der Waals surface area contributed by atoms with Crippen molar-refractivity contribution in [3.05, 3.63) is 40.4 Å². The Kier molecular flexibility index (Phi) is 5.43. The van der Waals surface area contributed by atoms with E-state index in [0.717, 1.165) is 6.92 Å². The van der Waals surface area contributed by atoms with E-state index in [4.69, 9.17) is 11.6 Å². The number of nitrogens with zero attached hydrogens (tertiary/aromatic N) is 5. The van der Waals surface area contributed by atoms with Crippen LogP contribution in [-0.4, -0.2) is 61.4 Å². The summed E-state index contributed by atoms with van der Waals surface area (Å²) in [6.07, 6.45) is -2.63. The van der Waals surface area contributed by atoms with E-state index in [2.05, 4.69) is 10.2 Å². The molecule has 1 saturated carbocycles. The van der Waals surface area contributed by atoms with Crippen LogP contribution in [0.2, 0.25) is 5.02 Å². The third-order valence-corrected chi connectivity index (χ3v) is 7.23. The molecule has 3 heterocycles. The van der Waals surface area contributed by atoms with Crippen molar-refractivity contribution in [2.24, 2.45) is 0 Å². The number of carbonyl (C=O) groups is 1. The summed E-state index contributed by atoms with van der Waals surface area (Å²) in [5, 5.41) is 9.07. The van der Waals surface area contributed by atoms with E-state index in [1.807, 2.05) is 4.57 Å². The first-order valence-electron chi connectivity index (χ1n) is 11.1. The second-order valence-corrected chi connectivity index (χ2v) is 9.67. The highest BCUT2D eigenvalue weighted by atomic mass is 35.5. The number of halogens is 5. The average Bonchev–Trinajstić information content (AvgIpc) is 3.44. The van der Waals surface area contributed by atoms with Crippen molar-refractivity contribution < 1.29 is 22.4 Å². The molecule has 0 radical (unpaired) electrons. The number of likely N-dealkylation sites (tertiary alicyclic amines) is 1. The average molecular weight is 486 g/mol. The number of carbonyl (C=O) groups excluding carboxylic acids is 1. The highest BCUT2D eigenvalue weighted by Crippen LogP contribution is 2.43. The monoisotopic (exact) mass is 485 g/mol. The molecule has 33 heavy (non-hydrogen) atoms. The van der Waals surface area contributed by atoms with Crippen LogP contribution in [-0.2, 0) is 17.9 Å². The van der Waals surface area contributed by atoms with Crippen molar-refractivity contribution in [3.63, 3.8) is 0 Å². The Morgan fingerprint density at radius 2 is 1.88 bits per heavy atom. The van der Waals surface area contributed by atoms with Crippen LogP contribution in [0.5, 0.6) is 0 Å².